The van der Waals surface area contributed by atoms with Gasteiger partial charge in [-0.05, 0) is 24.6 Å². The quantitative estimate of drug-likeness (QED) is 0.791. The molecule has 2 rings (SSSR count). The summed E-state index contributed by atoms with van der Waals surface area (Å²) < 4.78 is 44.9. The molecular weight excluding hydrogens is 353 g/mol. The minimum atomic E-state index is -4.58. The number of amides is 1. The van der Waals surface area contributed by atoms with Gasteiger partial charge in [-0.2, -0.15) is 18.3 Å². The molecular formula is C16H17F3N4O3. The van der Waals surface area contributed by atoms with E-state index in [9.17, 15) is 22.8 Å². The highest BCUT2D eigenvalue weighted by atomic mass is 19.4. The van der Waals surface area contributed by atoms with Crippen LogP contribution in [0.15, 0.2) is 30.9 Å². The number of nitrogens with one attached hydrogen (secondary N) is 1. The molecule has 1 heterocycles. The lowest BCUT2D eigenvalue weighted by molar-refractivity contribution is -0.151. The Morgan fingerprint density at radius 1 is 1.35 bits per heavy atom. The van der Waals surface area contributed by atoms with Crippen molar-refractivity contribution in [3.05, 3.63) is 36.4 Å². The first-order valence-corrected chi connectivity index (χ1v) is 7.75. The third kappa shape index (κ3) is 4.80. The molecule has 0 bridgehead atoms. The number of benzene rings is 1. The van der Waals surface area contributed by atoms with Gasteiger partial charge < -0.3 is 10.1 Å². The summed E-state index contributed by atoms with van der Waals surface area (Å²) in [5.74, 6) is -1.69. The number of ether oxygens (including phenoxy) is 1. The summed E-state index contributed by atoms with van der Waals surface area (Å²) >= 11 is 0. The summed E-state index contributed by atoms with van der Waals surface area (Å²) in [5, 5.41) is 6.16. The standard InChI is InChI=1S/C16H17F3N4O3/c1-3-10(2)15(25)26-7-14(24)22-12-6-11(16(17,18)19)4-5-13(12)23-9-20-8-21-23/h4-6,8-10H,3,7H2,1-2H3,(H,22,24). The van der Waals surface area contributed by atoms with E-state index in [0.29, 0.717) is 6.42 Å². The highest BCUT2D eigenvalue weighted by molar-refractivity contribution is 5.94. The fourth-order valence-corrected chi connectivity index (χ4v) is 1.98. The molecule has 0 radical (unpaired) electrons. The highest BCUT2D eigenvalue weighted by Crippen LogP contribution is 2.33. The zero-order valence-corrected chi connectivity index (χ0v) is 14.1. The molecule has 0 spiro atoms. The van der Waals surface area contributed by atoms with E-state index in [4.69, 9.17) is 4.74 Å². The van der Waals surface area contributed by atoms with E-state index in [0.717, 1.165) is 18.2 Å². The first-order chi connectivity index (χ1) is 12.2. The van der Waals surface area contributed by atoms with Crippen LogP contribution in [0.1, 0.15) is 25.8 Å². The Bertz CT molecular complexity index is 776. The van der Waals surface area contributed by atoms with E-state index in [1.807, 2.05) is 0 Å². The number of nitrogens with zero attached hydrogens (tertiary/aromatic N) is 3. The van der Waals surface area contributed by atoms with Crippen LogP contribution < -0.4 is 5.32 Å². The van der Waals surface area contributed by atoms with E-state index in [1.54, 1.807) is 13.8 Å². The van der Waals surface area contributed by atoms with E-state index >= 15 is 0 Å². The number of alkyl halides is 3. The lowest BCUT2D eigenvalue weighted by atomic mass is 10.1. The van der Waals surface area contributed by atoms with Gasteiger partial charge in [-0.15, -0.1) is 0 Å². The van der Waals surface area contributed by atoms with Gasteiger partial charge in [-0.25, -0.2) is 9.67 Å². The molecule has 1 unspecified atom stereocenters. The van der Waals surface area contributed by atoms with E-state index in [-0.39, 0.29) is 17.3 Å². The van der Waals surface area contributed by atoms with Crippen molar-refractivity contribution >= 4 is 17.6 Å². The fourth-order valence-electron chi connectivity index (χ4n) is 1.98. The Hall–Kier alpha value is -2.91. The lowest BCUT2D eigenvalue weighted by Gasteiger charge is -2.15. The average Bonchev–Trinajstić information content (AvgIpc) is 3.12. The maximum Gasteiger partial charge on any atom is 0.416 e. The zero-order valence-electron chi connectivity index (χ0n) is 14.1. The first kappa shape index (κ1) is 19.4. The molecule has 0 aliphatic heterocycles. The van der Waals surface area contributed by atoms with Crippen molar-refractivity contribution in [3.63, 3.8) is 0 Å². The number of halogens is 3. The topological polar surface area (TPSA) is 86.1 Å². The number of hydrogen-bond acceptors (Lipinski definition) is 5. The number of carbonyl (C=O) groups excluding carboxylic acids is 2. The molecule has 10 heteroatoms. The summed E-state index contributed by atoms with van der Waals surface area (Å²) in [7, 11) is 0. The second-order valence-electron chi connectivity index (χ2n) is 5.53. The molecule has 0 aliphatic carbocycles. The highest BCUT2D eigenvalue weighted by Gasteiger charge is 2.31. The number of aromatic nitrogens is 3. The van der Waals surface area contributed by atoms with Crippen LogP contribution in [-0.4, -0.2) is 33.2 Å². The summed E-state index contributed by atoms with van der Waals surface area (Å²) in [6.45, 7) is 2.84. The molecule has 1 aromatic heterocycles. The summed E-state index contributed by atoms with van der Waals surface area (Å²) in [6, 6.07) is 2.82. The van der Waals surface area contributed by atoms with Crippen molar-refractivity contribution in [1.29, 1.82) is 0 Å². The predicted octanol–water partition coefficient (Wildman–Crippen LogP) is 2.81. The molecule has 0 fully saturated rings. The maximum atomic E-state index is 12.9. The van der Waals surface area contributed by atoms with Crippen molar-refractivity contribution in [2.24, 2.45) is 5.92 Å². The van der Waals surface area contributed by atoms with Crippen LogP contribution in [0.3, 0.4) is 0 Å². The smallest absolute Gasteiger partial charge is 0.416 e. The second kappa shape index (κ2) is 7.98. The molecule has 2 aromatic rings. The maximum absolute atomic E-state index is 12.9. The summed E-state index contributed by atoms with van der Waals surface area (Å²) in [5.41, 5.74) is -0.875. The van der Waals surface area contributed by atoms with Crippen molar-refractivity contribution in [1.82, 2.24) is 14.8 Å². The molecule has 0 saturated carbocycles. The van der Waals surface area contributed by atoms with Gasteiger partial charge in [0.25, 0.3) is 5.91 Å². The van der Waals surface area contributed by atoms with Crippen LogP contribution >= 0.6 is 0 Å². The summed E-state index contributed by atoms with van der Waals surface area (Å²) in [6.07, 6.45) is -1.55. The SMILES string of the molecule is CCC(C)C(=O)OCC(=O)Nc1cc(C(F)(F)F)ccc1-n1cncn1. The minimum absolute atomic E-state index is 0.130. The van der Waals surface area contributed by atoms with E-state index < -0.39 is 30.2 Å². The minimum Gasteiger partial charge on any atom is -0.455 e. The number of carbonyl (C=O) groups is 2. The van der Waals surface area contributed by atoms with Crippen LogP contribution in [0.25, 0.3) is 5.69 Å². The van der Waals surface area contributed by atoms with Crippen molar-refractivity contribution in [2.45, 2.75) is 26.4 Å². The molecule has 0 aliphatic rings. The fraction of sp³-hybridized carbons (Fsp3) is 0.375. The Morgan fingerprint density at radius 2 is 2.08 bits per heavy atom. The normalized spacial score (nSPS) is 12.5. The molecule has 1 N–H and O–H groups in total. The van der Waals surface area contributed by atoms with Crippen molar-refractivity contribution in [2.75, 3.05) is 11.9 Å². The number of esters is 1. The van der Waals surface area contributed by atoms with Crippen LogP contribution in [0.2, 0.25) is 0 Å². The third-order valence-corrected chi connectivity index (χ3v) is 3.62. The first-order valence-electron chi connectivity index (χ1n) is 7.75. The van der Waals surface area contributed by atoms with E-state index in [2.05, 4.69) is 15.4 Å². The van der Waals surface area contributed by atoms with Crippen LogP contribution in [0.5, 0.6) is 0 Å². The molecule has 1 aromatic carbocycles. The molecule has 140 valence electrons. The number of rotatable bonds is 6. The average molecular weight is 370 g/mol. The predicted molar refractivity (Wildman–Crippen MR) is 85.4 cm³/mol. The number of hydrogen-bond donors (Lipinski definition) is 1. The van der Waals surface area contributed by atoms with Gasteiger partial charge in [0, 0.05) is 0 Å². The van der Waals surface area contributed by atoms with Crippen LogP contribution in [0, 0.1) is 5.92 Å². The monoisotopic (exact) mass is 370 g/mol. The van der Waals surface area contributed by atoms with E-state index in [1.165, 1.54) is 17.3 Å². The van der Waals surface area contributed by atoms with Crippen LogP contribution in [0.4, 0.5) is 18.9 Å². The molecule has 1 amide bonds. The van der Waals surface area contributed by atoms with Gasteiger partial charge in [-0.1, -0.05) is 13.8 Å². The Balaban J connectivity index is 2.20. The Morgan fingerprint density at radius 3 is 2.65 bits per heavy atom. The number of anilines is 1. The lowest BCUT2D eigenvalue weighted by Crippen LogP contribution is -2.24. The van der Waals surface area contributed by atoms with Gasteiger partial charge in [0.1, 0.15) is 12.7 Å². The zero-order chi connectivity index (χ0) is 19.3. The molecule has 26 heavy (non-hydrogen) atoms. The van der Waals surface area contributed by atoms with Gasteiger partial charge in [-0.3, -0.25) is 9.59 Å². The Kier molecular flexibility index (Phi) is 5.96. The third-order valence-electron chi connectivity index (χ3n) is 3.62. The molecule has 0 saturated heterocycles. The summed E-state index contributed by atoms with van der Waals surface area (Å²) in [4.78, 5) is 27.3. The van der Waals surface area contributed by atoms with Gasteiger partial charge >= 0.3 is 12.1 Å². The molecule has 7 nitrogen and oxygen atoms in total. The van der Waals surface area contributed by atoms with Gasteiger partial charge in [0.15, 0.2) is 6.61 Å². The van der Waals surface area contributed by atoms with Gasteiger partial charge in [0.2, 0.25) is 0 Å². The molecule has 1 atom stereocenters. The van der Waals surface area contributed by atoms with Crippen molar-refractivity contribution in [3.8, 4) is 5.69 Å². The Labute approximate surface area is 147 Å². The van der Waals surface area contributed by atoms with Crippen LogP contribution in [-0.2, 0) is 20.5 Å². The van der Waals surface area contributed by atoms with Crippen molar-refractivity contribution < 1.29 is 27.5 Å². The largest absolute Gasteiger partial charge is 0.455 e. The van der Waals surface area contributed by atoms with Gasteiger partial charge in [0.05, 0.1) is 22.9 Å². The second-order valence-corrected chi connectivity index (χ2v) is 5.53.